The molecule has 2 atom stereocenters. The molecule has 1 aromatic rings. The van der Waals surface area contributed by atoms with Crippen LogP contribution in [0.1, 0.15) is 44.6 Å². The lowest BCUT2D eigenvalue weighted by Gasteiger charge is -2.34. The molecule has 1 heterocycles. The van der Waals surface area contributed by atoms with Gasteiger partial charge in [0.25, 0.3) is 0 Å². The molecule has 2 rings (SSSR count). The highest BCUT2D eigenvalue weighted by Gasteiger charge is 2.35. The van der Waals surface area contributed by atoms with Crippen LogP contribution in [0.15, 0.2) is 12.4 Å². The van der Waals surface area contributed by atoms with Crippen LogP contribution in [-0.4, -0.2) is 20.9 Å². The second kappa shape index (κ2) is 4.55. The van der Waals surface area contributed by atoms with Gasteiger partial charge in [0.2, 0.25) is 0 Å². The highest BCUT2D eigenvalue weighted by molar-refractivity contribution is 5.16. The van der Waals surface area contributed by atoms with Crippen molar-refractivity contribution in [2.75, 3.05) is 0 Å². The van der Waals surface area contributed by atoms with Gasteiger partial charge in [-0.15, -0.1) is 0 Å². The number of aromatic nitrogens is 2. The Kier molecular flexibility index (Phi) is 3.30. The Morgan fingerprint density at radius 2 is 2.50 bits per heavy atom. The number of nitrogens with zero attached hydrogens (tertiary/aromatic N) is 2. The first kappa shape index (κ1) is 11.6. The summed E-state index contributed by atoms with van der Waals surface area (Å²) in [5.74, 6) is 0. The lowest BCUT2D eigenvalue weighted by atomic mass is 9.79. The number of hydrogen-bond acceptors (Lipinski definition) is 3. The van der Waals surface area contributed by atoms with E-state index in [0.717, 1.165) is 37.8 Å². The number of aliphatic hydroxyl groups is 1. The SMILES string of the molecule is CCCn1cc(C2(O)CCCC(N)C2)cn1. The maximum atomic E-state index is 10.6. The largest absolute Gasteiger partial charge is 0.385 e. The van der Waals surface area contributed by atoms with Crippen LogP contribution in [0.4, 0.5) is 0 Å². The van der Waals surface area contributed by atoms with Gasteiger partial charge in [-0.1, -0.05) is 6.92 Å². The molecule has 1 fully saturated rings. The minimum absolute atomic E-state index is 0.119. The van der Waals surface area contributed by atoms with Gasteiger partial charge in [-0.3, -0.25) is 4.68 Å². The Balaban J connectivity index is 2.14. The molecule has 4 heteroatoms. The lowest BCUT2D eigenvalue weighted by Crippen LogP contribution is -2.38. The summed E-state index contributed by atoms with van der Waals surface area (Å²) in [6.45, 7) is 3.02. The Bertz CT molecular complexity index is 350. The van der Waals surface area contributed by atoms with Crippen molar-refractivity contribution in [1.82, 2.24) is 9.78 Å². The smallest absolute Gasteiger partial charge is 0.0941 e. The summed E-state index contributed by atoms with van der Waals surface area (Å²) in [6, 6.07) is 0.119. The van der Waals surface area contributed by atoms with Crippen molar-refractivity contribution >= 4 is 0 Å². The molecule has 0 aliphatic heterocycles. The fourth-order valence-corrected chi connectivity index (χ4v) is 2.51. The van der Waals surface area contributed by atoms with Gasteiger partial charge in [-0.05, 0) is 32.1 Å². The third-order valence-electron chi connectivity index (χ3n) is 3.39. The highest BCUT2D eigenvalue weighted by atomic mass is 16.3. The fraction of sp³-hybridized carbons (Fsp3) is 0.750. The fourth-order valence-electron chi connectivity index (χ4n) is 2.51. The Morgan fingerprint density at radius 1 is 1.69 bits per heavy atom. The quantitative estimate of drug-likeness (QED) is 0.813. The van der Waals surface area contributed by atoms with Gasteiger partial charge in [-0.2, -0.15) is 5.10 Å². The van der Waals surface area contributed by atoms with Crippen LogP contribution in [0, 0.1) is 0 Å². The van der Waals surface area contributed by atoms with Crippen molar-refractivity contribution in [3.8, 4) is 0 Å². The standard InChI is InChI=1S/C12H21N3O/c1-2-6-15-9-10(8-14-15)12(16)5-3-4-11(13)7-12/h8-9,11,16H,2-7,13H2,1H3. The van der Waals surface area contributed by atoms with Crippen LogP contribution >= 0.6 is 0 Å². The minimum atomic E-state index is -0.746. The third-order valence-corrected chi connectivity index (χ3v) is 3.39. The maximum Gasteiger partial charge on any atom is 0.0941 e. The molecule has 1 aromatic heterocycles. The molecule has 0 saturated heterocycles. The van der Waals surface area contributed by atoms with Crippen molar-refractivity contribution in [2.24, 2.45) is 5.73 Å². The zero-order valence-electron chi connectivity index (χ0n) is 9.89. The van der Waals surface area contributed by atoms with E-state index in [1.165, 1.54) is 0 Å². The molecule has 16 heavy (non-hydrogen) atoms. The molecule has 0 amide bonds. The molecule has 0 aromatic carbocycles. The molecule has 1 aliphatic carbocycles. The first-order valence-corrected chi connectivity index (χ1v) is 6.15. The molecule has 1 saturated carbocycles. The zero-order chi connectivity index (χ0) is 11.6. The molecular weight excluding hydrogens is 202 g/mol. The van der Waals surface area contributed by atoms with Gasteiger partial charge in [0.05, 0.1) is 11.8 Å². The van der Waals surface area contributed by atoms with E-state index < -0.39 is 5.60 Å². The normalized spacial score (nSPS) is 30.6. The van der Waals surface area contributed by atoms with E-state index in [1.54, 1.807) is 6.20 Å². The molecule has 1 aliphatic rings. The maximum absolute atomic E-state index is 10.6. The van der Waals surface area contributed by atoms with Crippen molar-refractivity contribution in [2.45, 2.75) is 57.2 Å². The molecular formula is C12H21N3O. The highest BCUT2D eigenvalue weighted by Crippen LogP contribution is 2.36. The van der Waals surface area contributed by atoms with E-state index >= 15 is 0 Å². The van der Waals surface area contributed by atoms with Gasteiger partial charge < -0.3 is 10.8 Å². The number of aryl methyl sites for hydroxylation is 1. The van der Waals surface area contributed by atoms with Gasteiger partial charge in [-0.25, -0.2) is 0 Å². The van der Waals surface area contributed by atoms with Crippen molar-refractivity contribution in [3.63, 3.8) is 0 Å². The Morgan fingerprint density at radius 3 is 3.19 bits per heavy atom. The van der Waals surface area contributed by atoms with Gasteiger partial charge in [0.1, 0.15) is 0 Å². The molecule has 0 radical (unpaired) electrons. The summed E-state index contributed by atoms with van der Waals surface area (Å²) in [7, 11) is 0. The van der Waals surface area contributed by atoms with Crippen molar-refractivity contribution in [1.29, 1.82) is 0 Å². The Labute approximate surface area is 96.5 Å². The molecule has 0 spiro atoms. The van der Waals surface area contributed by atoms with Crippen molar-refractivity contribution < 1.29 is 5.11 Å². The van der Waals surface area contributed by atoms with E-state index in [4.69, 9.17) is 5.73 Å². The summed E-state index contributed by atoms with van der Waals surface area (Å²) in [5.41, 5.74) is 6.11. The summed E-state index contributed by atoms with van der Waals surface area (Å²) < 4.78 is 1.90. The first-order chi connectivity index (χ1) is 7.64. The van der Waals surface area contributed by atoms with Crippen LogP contribution in [0.3, 0.4) is 0 Å². The number of hydrogen-bond donors (Lipinski definition) is 2. The first-order valence-electron chi connectivity index (χ1n) is 6.15. The lowest BCUT2D eigenvalue weighted by molar-refractivity contribution is -0.00724. The average Bonchev–Trinajstić information content (AvgIpc) is 2.67. The van der Waals surface area contributed by atoms with Crippen LogP contribution in [0.2, 0.25) is 0 Å². The van der Waals surface area contributed by atoms with E-state index in [-0.39, 0.29) is 6.04 Å². The second-order valence-corrected chi connectivity index (χ2v) is 4.88. The van der Waals surface area contributed by atoms with Gasteiger partial charge in [0.15, 0.2) is 0 Å². The number of rotatable bonds is 3. The van der Waals surface area contributed by atoms with Crippen LogP contribution in [0.5, 0.6) is 0 Å². The second-order valence-electron chi connectivity index (χ2n) is 4.88. The summed E-state index contributed by atoms with van der Waals surface area (Å²) in [5, 5.41) is 14.8. The van der Waals surface area contributed by atoms with Crippen LogP contribution in [0.25, 0.3) is 0 Å². The molecule has 3 N–H and O–H groups in total. The number of nitrogens with two attached hydrogens (primary N) is 1. The summed E-state index contributed by atoms with van der Waals surface area (Å²) in [6.07, 6.45) is 8.28. The average molecular weight is 223 g/mol. The van der Waals surface area contributed by atoms with E-state index in [1.807, 2.05) is 10.9 Å². The Hall–Kier alpha value is -0.870. The van der Waals surface area contributed by atoms with Crippen LogP contribution in [-0.2, 0) is 12.1 Å². The van der Waals surface area contributed by atoms with E-state index in [9.17, 15) is 5.11 Å². The summed E-state index contributed by atoms with van der Waals surface area (Å²) in [4.78, 5) is 0. The van der Waals surface area contributed by atoms with Crippen molar-refractivity contribution in [3.05, 3.63) is 18.0 Å². The monoisotopic (exact) mass is 223 g/mol. The van der Waals surface area contributed by atoms with Gasteiger partial charge >= 0.3 is 0 Å². The predicted molar refractivity (Wildman–Crippen MR) is 62.9 cm³/mol. The molecule has 0 bridgehead atoms. The van der Waals surface area contributed by atoms with E-state index in [0.29, 0.717) is 6.42 Å². The molecule has 4 nitrogen and oxygen atoms in total. The van der Waals surface area contributed by atoms with E-state index in [2.05, 4.69) is 12.0 Å². The predicted octanol–water partition coefficient (Wildman–Crippen LogP) is 1.38. The molecule has 2 unspecified atom stereocenters. The summed E-state index contributed by atoms with van der Waals surface area (Å²) >= 11 is 0. The van der Waals surface area contributed by atoms with Crippen LogP contribution < -0.4 is 5.73 Å². The minimum Gasteiger partial charge on any atom is -0.385 e. The topological polar surface area (TPSA) is 64.1 Å². The van der Waals surface area contributed by atoms with Gasteiger partial charge in [0, 0.05) is 24.3 Å². The molecule has 90 valence electrons. The third kappa shape index (κ3) is 2.28. The zero-order valence-corrected chi connectivity index (χ0v) is 9.89.